The molecule has 34 heavy (non-hydrogen) atoms. The molecule has 0 bridgehead atoms. The lowest BCUT2D eigenvalue weighted by atomic mass is 10.1. The zero-order chi connectivity index (χ0) is 26.4. The minimum Gasteiger partial charge on any atom is -0.481 e. The number of amides is 3. The normalized spacial score (nSPS) is 15.1. The largest absolute Gasteiger partial charge is 0.481 e. The van der Waals surface area contributed by atoms with Crippen LogP contribution in [0.1, 0.15) is 32.6 Å². The van der Waals surface area contributed by atoms with Crippen molar-refractivity contribution in [3.63, 3.8) is 0 Å². The summed E-state index contributed by atoms with van der Waals surface area (Å²) >= 11 is 0. The van der Waals surface area contributed by atoms with Crippen LogP contribution in [0.15, 0.2) is 4.99 Å². The van der Waals surface area contributed by atoms with Crippen molar-refractivity contribution in [1.82, 2.24) is 16.0 Å². The molecule has 0 rings (SSSR count). The molecule has 0 aliphatic carbocycles. The maximum atomic E-state index is 12.7. The first-order valence-corrected chi connectivity index (χ1v) is 10.3. The third-order valence-electron chi connectivity index (χ3n) is 4.44. The number of hydrogen-bond acceptors (Lipinski definition) is 9. The van der Waals surface area contributed by atoms with E-state index in [1.54, 1.807) is 0 Å². The van der Waals surface area contributed by atoms with Gasteiger partial charge >= 0.3 is 11.9 Å². The maximum absolute atomic E-state index is 12.7. The number of rotatable bonds is 16. The summed E-state index contributed by atoms with van der Waals surface area (Å²) in [6.07, 6.45) is -1.94. The molecule has 0 aromatic carbocycles. The van der Waals surface area contributed by atoms with Crippen molar-refractivity contribution in [1.29, 1.82) is 0 Å². The molecule has 0 spiro atoms. The van der Waals surface area contributed by atoms with E-state index in [1.807, 2.05) is 0 Å². The van der Waals surface area contributed by atoms with Crippen molar-refractivity contribution in [3.8, 4) is 0 Å². The number of aliphatic hydroxyl groups is 2. The summed E-state index contributed by atoms with van der Waals surface area (Å²) in [5.74, 6) is -5.73. The predicted octanol–water partition coefficient (Wildman–Crippen LogP) is -4.86. The number of carbonyl (C=O) groups is 5. The Bertz CT molecular complexity index is 756. The quantitative estimate of drug-likeness (QED) is 0.0552. The number of guanidine groups is 1. The summed E-state index contributed by atoms with van der Waals surface area (Å²) in [5.41, 5.74) is 16.1. The summed E-state index contributed by atoms with van der Waals surface area (Å²) in [6, 6.07) is -5.81. The van der Waals surface area contributed by atoms with Gasteiger partial charge in [0.05, 0.1) is 18.8 Å². The van der Waals surface area contributed by atoms with Gasteiger partial charge in [0.25, 0.3) is 0 Å². The van der Waals surface area contributed by atoms with Crippen LogP contribution in [0.4, 0.5) is 0 Å². The lowest BCUT2D eigenvalue weighted by Crippen LogP contribution is -2.60. The summed E-state index contributed by atoms with van der Waals surface area (Å²) in [7, 11) is 0. The molecule has 0 heterocycles. The van der Waals surface area contributed by atoms with Crippen LogP contribution in [-0.2, 0) is 24.0 Å². The highest BCUT2D eigenvalue weighted by molar-refractivity contribution is 5.94. The summed E-state index contributed by atoms with van der Waals surface area (Å²) in [5, 5.41) is 43.3. The molecule has 0 saturated carbocycles. The number of carboxylic acid groups (broad SMARTS) is 2. The number of nitrogens with two attached hydrogens (primary N) is 3. The average Bonchev–Trinajstić information content (AvgIpc) is 2.74. The van der Waals surface area contributed by atoms with Crippen LogP contribution in [0.25, 0.3) is 0 Å². The fraction of sp³-hybridized carbons (Fsp3) is 0.667. The first kappa shape index (κ1) is 30.5. The van der Waals surface area contributed by atoms with Gasteiger partial charge in [0.1, 0.15) is 18.1 Å². The minimum absolute atomic E-state index is 0.0648. The van der Waals surface area contributed by atoms with Gasteiger partial charge in [0.15, 0.2) is 5.96 Å². The first-order valence-electron chi connectivity index (χ1n) is 10.3. The molecule has 0 aliphatic heterocycles. The Balaban J connectivity index is 5.42. The van der Waals surface area contributed by atoms with Crippen molar-refractivity contribution in [2.45, 2.75) is 62.9 Å². The second kappa shape index (κ2) is 15.4. The van der Waals surface area contributed by atoms with Crippen molar-refractivity contribution in [2.24, 2.45) is 22.2 Å². The van der Waals surface area contributed by atoms with Crippen molar-refractivity contribution in [3.05, 3.63) is 0 Å². The first-order chi connectivity index (χ1) is 15.8. The third-order valence-corrected chi connectivity index (χ3v) is 4.44. The van der Waals surface area contributed by atoms with Crippen molar-refractivity contribution < 1.29 is 44.4 Å². The van der Waals surface area contributed by atoms with E-state index in [4.69, 9.17) is 32.5 Å². The van der Waals surface area contributed by atoms with Gasteiger partial charge in [-0.2, -0.15) is 0 Å². The van der Waals surface area contributed by atoms with E-state index in [-0.39, 0.29) is 31.8 Å². The van der Waals surface area contributed by atoms with Crippen molar-refractivity contribution in [2.75, 3.05) is 13.2 Å². The second-order valence-corrected chi connectivity index (χ2v) is 7.36. The molecule has 0 fully saturated rings. The Labute approximate surface area is 194 Å². The lowest BCUT2D eigenvalue weighted by Gasteiger charge is -2.26. The average molecular weight is 492 g/mol. The summed E-state index contributed by atoms with van der Waals surface area (Å²) in [4.78, 5) is 62.9. The monoisotopic (exact) mass is 491 g/mol. The van der Waals surface area contributed by atoms with E-state index in [2.05, 4.69) is 20.9 Å². The van der Waals surface area contributed by atoms with E-state index in [9.17, 15) is 29.1 Å². The Morgan fingerprint density at radius 1 is 0.912 bits per heavy atom. The zero-order valence-corrected chi connectivity index (χ0v) is 18.6. The highest BCUT2D eigenvalue weighted by Gasteiger charge is 2.32. The Hall–Kier alpha value is -3.50. The Kier molecular flexibility index (Phi) is 13.8. The summed E-state index contributed by atoms with van der Waals surface area (Å²) < 4.78 is 0. The van der Waals surface area contributed by atoms with Gasteiger partial charge in [-0.1, -0.05) is 0 Å². The second-order valence-electron chi connectivity index (χ2n) is 7.36. The number of aliphatic carboxylic acids is 2. The van der Waals surface area contributed by atoms with E-state index in [0.717, 1.165) is 0 Å². The fourth-order valence-corrected chi connectivity index (χ4v) is 2.57. The zero-order valence-electron chi connectivity index (χ0n) is 18.6. The van der Waals surface area contributed by atoms with Crippen LogP contribution in [0.5, 0.6) is 0 Å². The number of aliphatic hydroxyl groups excluding tert-OH is 2. The van der Waals surface area contributed by atoms with E-state index in [1.165, 1.54) is 6.92 Å². The number of nitrogens with one attached hydrogen (secondary N) is 3. The Morgan fingerprint density at radius 2 is 1.50 bits per heavy atom. The van der Waals surface area contributed by atoms with Crippen LogP contribution >= 0.6 is 0 Å². The number of carboxylic acids is 2. The van der Waals surface area contributed by atoms with Gasteiger partial charge in [-0.25, -0.2) is 4.79 Å². The van der Waals surface area contributed by atoms with Crippen LogP contribution in [-0.4, -0.2) is 99.5 Å². The molecule has 16 heteroatoms. The molecule has 0 aromatic rings. The van der Waals surface area contributed by atoms with Crippen LogP contribution < -0.4 is 33.2 Å². The van der Waals surface area contributed by atoms with Gasteiger partial charge < -0.3 is 53.6 Å². The molecule has 0 aromatic heterocycles. The maximum Gasteiger partial charge on any atom is 0.328 e. The van der Waals surface area contributed by atoms with Gasteiger partial charge in [0.2, 0.25) is 17.7 Å². The number of nitrogens with zero attached hydrogens (tertiary/aromatic N) is 1. The van der Waals surface area contributed by atoms with Gasteiger partial charge in [-0.15, -0.1) is 0 Å². The number of carbonyl (C=O) groups excluding carboxylic acids is 3. The molecule has 0 saturated heterocycles. The molecule has 16 nitrogen and oxygen atoms in total. The van der Waals surface area contributed by atoms with E-state index >= 15 is 0 Å². The number of aliphatic imine (C=N–C) groups is 1. The molecule has 0 aliphatic rings. The molecular weight excluding hydrogens is 458 g/mol. The van der Waals surface area contributed by atoms with E-state index in [0.29, 0.717) is 0 Å². The molecule has 194 valence electrons. The molecule has 3 amide bonds. The highest BCUT2D eigenvalue weighted by Crippen LogP contribution is 2.04. The fourth-order valence-electron chi connectivity index (χ4n) is 2.57. The van der Waals surface area contributed by atoms with Gasteiger partial charge in [-0.3, -0.25) is 24.2 Å². The Morgan fingerprint density at radius 3 is 1.97 bits per heavy atom. The minimum atomic E-state index is -1.64. The van der Waals surface area contributed by atoms with E-state index < -0.39 is 73.0 Å². The third kappa shape index (κ3) is 11.9. The van der Waals surface area contributed by atoms with Crippen LogP contribution in [0.3, 0.4) is 0 Å². The lowest BCUT2D eigenvalue weighted by molar-refractivity contribution is -0.143. The smallest absolute Gasteiger partial charge is 0.328 e. The summed E-state index contributed by atoms with van der Waals surface area (Å²) in [6.45, 7) is 0.364. The van der Waals surface area contributed by atoms with Crippen LogP contribution in [0.2, 0.25) is 0 Å². The topological polar surface area (TPSA) is 293 Å². The SMILES string of the molecule is CC(O)C(NC(=O)C(N)CCC(=O)O)C(=O)NC(CCCN=C(N)N)C(=O)NC(CO)C(=O)O. The van der Waals surface area contributed by atoms with Crippen LogP contribution in [0, 0.1) is 0 Å². The molecule has 13 N–H and O–H groups in total. The van der Waals surface area contributed by atoms with Gasteiger partial charge in [0, 0.05) is 13.0 Å². The predicted molar refractivity (Wildman–Crippen MR) is 117 cm³/mol. The molecule has 0 radical (unpaired) electrons. The van der Waals surface area contributed by atoms with Crippen molar-refractivity contribution >= 4 is 35.6 Å². The van der Waals surface area contributed by atoms with Gasteiger partial charge in [-0.05, 0) is 26.2 Å². The molecule has 5 unspecified atom stereocenters. The standard InChI is InChI=1S/C18H33N7O9/c1-8(27)13(25-14(30)9(19)4-5-12(28)29)16(32)23-10(3-2-6-22-18(20)21)15(31)24-11(7-26)17(33)34/h8-11,13,26-27H,2-7,19H2,1H3,(H,23,32)(H,24,31)(H,25,30)(H,28,29)(H,33,34)(H4,20,21,22). The molecular formula is C18H33N7O9. The number of hydrogen-bond donors (Lipinski definition) is 10. The highest BCUT2D eigenvalue weighted by atomic mass is 16.4. The molecule has 5 atom stereocenters.